The SMILES string of the molecule is Cn1c(-c2ccccc2)nc2cc(-c3cccc(-c4c5oc6ccccc6c5cc5c4oc4ccccc45)c3)ccc21. The van der Waals surface area contributed by atoms with Crippen LogP contribution < -0.4 is 0 Å². The number of imidazole rings is 1. The van der Waals surface area contributed by atoms with Crippen molar-refractivity contribution >= 4 is 54.9 Å². The van der Waals surface area contributed by atoms with Gasteiger partial charge in [0.05, 0.1) is 16.6 Å². The molecule has 6 aromatic carbocycles. The topological polar surface area (TPSA) is 44.1 Å². The Morgan fingerprint density at radius 2 is 1.10 bits per heavy atom. The summed E-state index contributed by atoms with van der Waals surface area (Å²) in [5.41, 5.74) is 10.8. The summed E-state index contributed by atoms with van der Waals surface area (Å²) in [4.78, 5) is 5.01. The van der Waals surface area contributed by atoms with Crippen molar-refractivity contribution in [2.75, 3.05) is 0 Å². The fraction of sp³-hybridized carbons (Fsp3) is 0.0263. The van der Waals surface area contributed by atoms with Gasteiger partial charge in [0.1, 0.15) is 28.2 Å². The highest BCUT2D eigenvalue weighted by Crippen LogP contribution is 2.45. The molecule has 4 nitrogen and oxygen atoms in total. The summed E-state index contributed by atoms with van der Waals surface area (Å²) in [7, 11) is 2.07. The zero-order valence-corrected chi connectivity index (χ0v) is 22.8. The summed E-state index contributed by atoms with van der Waals surface area (Å²) < 4.78 is 15.2. The van der Waals surface area contributed by atoms with Crippen LogP contribution in [0.5, 0.6) is 0 Å². The second kappa shape index (κ2) is 8.69. The van der Waals surface area contributed by atoms with Crippen molar-refractivity contribution in [2.45, 2.75) is 0 Å². The number of nitrogens with zero attached hydrogens (tertiary/aromatic N) is 2. The van der Waals surface area contributed by atoms with Crippen molar-refractivity contribution in [1.82, 2.24) is 9.55 Å². The predicted octanol–water partition coefficient (Wildman–Crippen LogP) is 10.4. The molecule has 3 aromatic heterocycles. The molecule has 0 amide bonds. The standard InChI is InChI=1S/C38H24N2O2/c1-40-32-19-18-25(21-31(32)39-38(40)23-10-3-2-4-11-23)24-12-9-13-26(20-24)35-36-29(27-14-5-7-16-33(27)41-36)22-30-28-15-6-8-17-34(28)42-37(30)35/h2-22H,1H3. The molecule has 0 aliphatic heterocycles. The van der Waals surface area contributed by atoms with Gasteiger partial charge in [-0.15, -0.1) is 0 Å². The molecule has 4 heteroatoms. The van der Waals surface area contributed by atoms with E-state index >= 15 is 0 Å². The third-order valence-corrected chi connectivity index (χ3v) is 8.41. The normalized spacial score (nSPS) is 11.9. The molecule has 0 saturated heterocycles. The molecule has 0 N–H and O–H groups in total. The number of para-hydroxylation sites is 2. The monoisotopic (exact) mass is 540 g/mol. The van der Waals surface area contributed by atoms with Crippen LogP contribution in [-0.2, 0) is 7.05 Å². The van der Waals surface area contributed by atoms with Gasteiger partial charge >= 0.3 is 0 Å². The zero-order valence-electron chi connectivity index (χ0n) is 22.8. The van der Waals surface area contributed by atoms with Crippen LogP contribution in [-0.4, -0.2) is 9.55 Å². The maximum Gasteiger partial charge on any atom is 0.147 e. The molecule has 0 saturated carbocycles. The van der Waals surface area contributed by atoms with Gasteiger partial charge in [-0.3, -0.25) is 0 Å². The molecule has 0 spiro atoms. The van der Waals surface area contributed by atoms with Crippen LogP contribution in [0.2, 0.25) is 0 Å². The van der Waals surface area contributed by atoms with Gasteiger partial charge in [0.2, 0.25) is 0 Å². The van der Waals surface area contributed by atoms with Gasteiger partial charge in [-0.25, -0.2) is 4.98 Å². The highest BCUT2D eigenvalue weighted by Gasteiger charge is 2.21. The summed E-state index contributed by atoms with van der Waals surface area (Å²) in [5, 5.41) is 4.39. The van der Waals surface area contributed by atoms with E-state index in [2.05, 4.69) is 96.5 Å². The van der Waals surface area contributed by atoms with E-state index in [1.165, 1.54) is 0 Å². The molecule has 198 valence electrons. The van der Waals surface area contributed by atoms with Crippen LogP contribution >= 0.6 is 0 Å². The van der Waals surface area contributed by atoms with Crippen LogP contribution in [0.1, 0.15) is 0 Å². The lowest BCUT2D eigenvalue weighted by molar-refractivity contribution is 0.658. The Morgan fingerprint density at radius 1 is 0.500 bits per heavy atom. The van der Waals surface area contributed by atoms with Crippen molar-refractivity contribution in [3.63, 3.8) is 0 Å². The first-order valence-electron chi connectivity index (χ1n) is 14.1. The number of hydrogen-bond acceptors (Lipinski definition) is 3. The van der Waals surface area contributed by atoms with E-state index in [0.717, 1.165) is 88.6 Å². The minimum atomic E-state index is 0.840. The molecule has 0 aliphatic carbocycles. The molecule has 0 radical (unpaired) electrons. The Bertz CT molecular complexity index is 2390. The summed E-state index contributed by atoms with van der Waals surface area (Å²) in [6, 6.07) is 44.2. The maximum atomic E-state index is 6.53. The number of rotatable bonds is 3. The van der Waals surface area contributed by atoms with Crippen LogP contribution in [0.4, 0.5) is 0 Å². The molecule has 9 rings (SSSR count). The number of benzene rings is 6. The van der Waals surface area contributed by atoms with Gasteiger partial charge in [0, 0.05) is 34.2 Å². The quantitative estimate of drug-likeness (QED) is 0.224. The molecule has 0 bridgehead atoms. The van der Waals surface area contributed by atoms with E-state index in [1.807, 2.05) is 42.5 Å². The van der Waals surface area contributed by atoms with E-state index < -0.39 is 0 Å². The van der Waals surface area contributed by atoms with Crippen LogP contribution in [0.15, 0.2) is 136 Å². The summed E-state index contributed by atoms with van der Waals surface area (Å²) in [5.74, 6) is 0.959. The Hall–Kier alpha value is -5.61. The van der Waals surface area contributed by atoms with E-state index in [9.17, 15) is 0 Å². The average molecular weight is 541 g/mol. The summed E-state index contributed by atoms with van der Waals surface area (Å²) in [6.45, 7) is 0. The Kier molecular flexibility index (Phi) is 4.79. The van der Waals surface area contributed by atoms with Crippen molar-refractivity contribution in [1.29, 1.82) is 0 Å². The molecule has 0 atom stereocenters. The lowest BCUT2D eigenvalue weighted by Crippen LogP contribution is -1.91. The van der Waals surface area contributed by atoms with Crippen molar-refractivity contribution in [2.24, 2.45) is 7.05 Å². The van der Waals surface area contributed by atoms with Crippen molar-refractivity contribution in [3.8, 4) is 33.6 Å². The maximum absolute atomic E-state index is 6.53. The van der Waals surface area contributed by atoms with Gasteiger partial charge in [-0.1, -0.05) is 91.0 Å². The number of furan rings is 2. The second-order valence-electron chi connectivity index (χ2n) is 10.8. The van der Waals surface area contributed by atoms with Gasteiger partial charge in [0.15, 0.2) is 0 Å². The highest BCUT2D eigenvalue weighted by atomic mass is 16.3. The van der Waals surface area contributed by atoms with Gasteiger partial charge in [0.25, 0.3) is 0 Å². The summed E-state index contributed by atoms with van der Waals surface area (Å²) in [6.07, 6.45) is 0. The van der Waals surface area contributed by atoms with E-state index in [4.69, 9.17) is 13.8 Å². The van der Waals surface area contributed by atoms with Crippen molar-refractivity contribution in [3.05, 3.63) is 127 Å². The Morgan fingerprint density at radius 3 is 1.81 bits per heavy atom. The number of fused-ring (bicyclic) bond motifs is 7. The third kappa shape index (κ3) is 3.32. The van der Waals surface area contributed by atoms with Gasteiger partial charge < -0.3 is 13.4 Å². The number of aromatic nitrogens is 2. The fourth-order valence-corrected chi connectivity index (χ4v) is 6.38. The van der Waals surface area contributed by atoms with Gasteiger partial charge in [-0.2, -0.15) is 0 Å². The smallest absolute Gasteiger partial charge is 0.147 e. The Labute approximate surface area is 241 Å². The van der Waals surface area contributed by atoms with Crippen LogP contribution in [0.25, 0.3) is 88.6 Å². The van der Waals surface area contributed by atoms with E-state index in [0.29, 0.717) is 0 Å². The molecule has 9 aromatic rings. The molecule has 0 unspecified atom stereocenters. The lowest BCUT2D eigenvalue weighted by Gasteiger charge is -2.08. The molecular formula is C38H24N2O2. The highest BCUT2D eigenvalue weighted by molar-refractivity contribution is 6.22. The number of aryl methyl sites for hydroxylation is 1. The summed E-state index contributed by atoms with van der Waals surface area (Å²) >= 11 is 0. The van der Waals surface area contributed by atoms with E-state index in [-0.39, 0.29) is 0 Å². The minimum Gasteiger partial charge on any atom is -0.455 e. The predicted molar refractivity (Wildman–Crippen MR) is 172 cm³/mol. The van der Waals surface area contributed by atoms with Gasteiger partial charge in [-0.05, 0) is 53.1 Å². The first kappa shape index (κ1) is 23.1. The fourth-order valence-electron chi connectivity index (χ4n) is 6.38. The zero-order chi connectivity index (χ0) is 27.8. The molecule has 3 heterocycles. The average Bonchev–Trinajstić information content (AvgIpc) is 3.71. The molecule has 0 fully saturated rings. The molecule has 42 heavy (non-hydrogen) atoms. The first-order valence-corrected chi connectivity index (χ1v) is 14.1. The van der Waals surface area contributed by atoms with Crippen LogP contribution in [0, 0.1) is 0 Å². The Balaban J connectivity index is 1.27. The lowest BCUT2D eigenvalue weighted by atomic mass is 9.95. The largest absolute Gasteiger partial charge is 0.455 e. The first-order chi connectivity index (χ1) is 20.7. The molecule has 0 aliphatic rings. The third-order valence-electron chi connectivity index (χ3n) is 8.41. The number of hydrogen-bond donors (Lipinski definition) is 0. The second-order valence-corrected chi connectivity index (χ2v) is 10.8. The minimum absolute atomic E-state index is 0.840. The van der Waals surface area contributed by atoms with E-state index in [1.54, 1.807) is 0 Å². The molecular weight excluding hydrogens is 516 g/mol. The van der Waals surface area contributed by atoms with Crippen LogP contribution in [0.3, 0.4) is 0 Å². The van der Waals surface area contributed by atoms with Crippen molar-refractivity contribution < 1.29 is 8.83 Å².